The van der Waals surface area contributed by atoms with Gasteiger partial charge in [-0.05, 0) is 18.9 Å². The van der Waals surface area contributed by atoms with E-state index >= 15 is 0 Å². The summed E-state index contributed by atoms with van der Waals surface area (Å²) in [5.41, 5.74) is 0.783. The van der Waals surface area contributed by atoms with E-state index in [0.717, 1.165) is 18.4 Å². The molecule has 2 aromatic rings. The van der Waals surface area contributed by atoms with Crippen molar-refractivity contribution in [1.82, 2.24) is 14.8 Å². The van der Waals surface area contributed by atoms with Crippen LogP contribution in [-0.2, 0) is 0 Å². The van der Waals surface area contributed by atoms with E-state index in [1.807, 2.05) is 10.7 Å². The summed E-state index contributed by atoms with van der Waals surface area (Å²) >= 11 is 0. The van der Waals surface area contributed by atoms with Crippen molar-refractivity contribution in [3.8, 4) is 5.88 Å². The Bertz CT molecular complexity index is 593. The van der Waals surface area contributed by atoms with Gasteiger partial charge in [-0.1, -0.05) is 12.8 Å². The van der Waals surface area contributed by atoms with Gasteiger partial charge < -0.3 is 4.74 Å². The molecule has 0 saturated heterocycles. The maximum absolute atomic E-state index is 11.9. The van der Waals surface area contributed by atoms with Crippen LogP contribution in [0.5, 0.6) is 5.88 Å². The quantitative estimate of drug-likeness (QED) is 0.861. The average Bonchev–Trinajstić information content (AvgIpc) is 2.97. The van der Waals surface area contributed by atoms with Crippen molar-refractivity contribution < 1.29 is 4.74 Å². The van der Waals surface area contributed by atoms with Crippen molar-refractivity contribution in [1.29, 1.82) is 0 Å². The van der Waals surface area contributed by atoms with Crippen molar-refractivity contribution in [3.63, 3.8) is 0 Å². The monoisotopic (exact) mass is 233 g/mol. The van der Waals surface area contributed by atoms with Gasteiger partial charge in [0.25, 0.3) is 5.56 Å². The molecule has 0 amide bonds. The fourth-order valence-corrected chi connectivity index (χ4v) is 2.68. The van der Waals surface area contributed by atoms with Gasteiger partial charge in [-0.15, -0.1) is 0 Å². The molecule has 90 valence electrons. The molecular weight excluding hydrogens is 218 g/mol. The normalized spacial score (nSPS) is 16.8. The van der Waals surface area contributed by atoms with Gasteiger partial charge in [0.05, 0.1) is 18.7 Å². The Hall–Kier alpha value is -1.78. The molecule has 2 heterocycles. The molecule has 0 radical (unpaired) electrons. The molecule has 17 heavy (non-hydrogen) atoms. The zero-order valence-electron chi connectivity index (χ0n) is 9.77. The Labute approximate surface area is 98.4 Å². The minimum atomic E-state index is -0.114. The molecule has 3 rings (SSSR count). The molecule has 0 atom stereocenters. The largest absolute Gasteiger partial charge is 0.480 e. The molecule has 1 fully saturated rings. The number of methoxy groups -OCH3 is 1. The maximum atomic E-state index is 11.9. The smallest absolute Gasteiger partial charge is 0.277 e. The van der Waals surface area contributed by atoms with Crippen molar-refractivity contribution in [2.45, 2.75) is 31.7 Å². The average molecular weight is 233 g/mol. The van der Waals surface area contributed by atoms with Crippen LogP contribution >= 0.6 is 0 Å². The molecule has 5 heteroatoms. The Morgan fingerprint density at radius 3 is 2.94 bits per heavy atom. The highest BCUT2D eigenvalue weighted by molar-refractivity contribution is 5.83. The molecule has 0 aliphatic heterocycles. The van der Waals surface area contributed by atoms with Crippen LogP contribution in [0.1, 0.15) is 31.7 Å². The predicted octanol–water partition coefficient (Wildman–Crippen LogP) is 1.85. The van der Waals surface area contributed by atoms with E-state index in [2.05, 4.69) is 10.1 Å². The minimum Gasteiger partial charge on any atom is -0.480 e. The van der Waals surface area contributed by atoms with Crippen LogP contribution in [-0.4, -0.2) is 21.9 Å². The van der Waals surface area contributed by atoms with Crippen molar-refractivity contribution in [2.75, 3.05) is 7.11 Å². The zero-order valence-corrected chi connectivity index (χ0v) is 9.77. The van der Waals surface area contributed by atoms with Crippen LogP contribution < -0.4 is 10.3 Å². The second-order valence-electron chi connectivity index (χ2n) is 4.46. The van der Waals surface area contributed by atoms with Gasteiger partial charge >= 0.3 is 0 Å². The van der Waals surface area contributed by atoms with Crippen LogP contribution in [0.2, 0.25) is 0 Å². The van der Waals surface area contributed by atoms with Crippen LogP contribution in [0.15, 0.2) is 17.1 Å². The topological polar surface area (TPSA) is 59.9 Å². The third-order valence-electron chi connectivity index (χ3n) is 3.49. The fourth-order valence-electron chi connectivity index (χ4n) is 2.68. The second kappa shape index (κ2) is 3.91. The number of nitrogens with one attached hydrogen (secondary N) is 1. The number of rotatable bonds is 2. The first-order valence-electron chi connectivity index (χ1n) is 5.94. The highest BCUT2D eigenvalue weighted by Crippen LogP contribution is 2.31. The van der Waals surface area contributed by atoms with E-state index in [0.29, 0.717) is 17.3 Å². The first-order chi connectivity index (χ1) is 8.31. The molecule has 0 aromatic carbocycles. The summed E-state index contributed by atoms with van der Waals surface area (Å²) in [6.45, 7) is 0. The molecule has 1 N–H and O–H groups in total. The van der Waals surface area contributed by atoms with Gasteiger partial charge in [0.1, 0.15) is 5.39 Å². The molecule has 0 spiro atoms. The van der Waals surface area contributed by atoms with E-state index in [1.54, 1.807) is 6.20 Å². The van der Waals surface area contributed by atoms with Gasteiger partial charge in [0.2, 0.25) is 5.88 Å². The predicted molar refractivity (Wildman–Crippen MR) is 64.4 cm³/mol. The molecular formula is C12H15N3O2. The molecule has 5 nitrogen and oxygen atoms in total. The standard InChI is InChI=1S/C12H15N3O2/c1-17-12-10-9(6-7-13-12)15(14-11(10)16)8-4-2-3-5-8/h6-8H,2-5H2,1H3,(H,14,16). The third kappa shape index (κ3) is 1.53. The Balaban J connectivity index is 2.23. The molecule has 2 aromatic heterocycles. The lowest BCUT2D eigenvalue weighted by molar-refractivity contribution is 0.403. The van der Waals surface area contributed by atoms with Crippen molar-refractivity contribution >= 4 is 10.9 Å². The first-order valence-corrected chi connectivity index (χ1v) is 5.94. The van der Waals surface area contributed by atoms with Crippen LogP contribution in [0.25, 0.3) is 10.9 Å². The van der Waals surface area contributed by atoms with E-state index in [1.165, 1.54) is 20.0 Å². The van der Waals surface area contributed by atoms with E-state index in [4.69, 9.17) is 4.74 Å². The first kappa shape index (κ1) is 10.4. The summed E-state index contributed by atoms with van der Waals surface area (Å²) in [5, 5.41) is 3.47. The van der Waals surface area contributed by atoms with E-state index in [9.17, 15) is 4.79 Å². The molecule has 1 aliphatic carbocycles. The second-order valence-corrected chi connectivity index (χ2v) is 4.46. The lowest BCUT2D eigenvalue weighted by Gasteiger charge is -2.12. The summed E-state index contributed by atoms with van der Waals surface area (Å²) < 4.78 is 7.12. The molecule has 1 aliphatic rings. The number of aromatic nitrogens is 3. The maximum Gasteiger partial charge on any atom is 0.277 e. The molecule has 0 unspecified atom stereocenters. The third-order valence-corrected chi connectivity index (χ3v) is 3.49. The van der Waals surface area contributed by atoms with E-state index < -0.39 is 0 Å². The summed E-state index contributed by atoms with van der Waals surface area (Å²) in [4.78, 5) is 16.0. The zero-order chi connectivity index (χ0) is 11.8. The highest BCUT2D eigenvalue weighted by Gasteiger charge is 2.21. The number of pyridine rings is 1. The number of hydrogen-bond donors (Lipinski definition) is 1. The number of hydrogen-bond acceptors (Lipinski definition) is 3. The van der Waals surface area contributed by atoms with Gasteiger partial charge in [-0.3, -0.25) is 14.6 Å². The van der Waals surface area contributed by atoms with Crippen molar-refractivity contribution in [2.24, 2.45) is 0 Å². The molecule has 0 bridgehead atoms. The summed E-state index contributed by atoms with van der Waals surface area (Å²) in [6.07, 6.45) is 6.40. The fraction of sp³-hybridized carbons (Fsp3) is 0.500. The number of fused-ring (bicyclic) bond motifs is 1. The van der Waals surface area contributed by atoms with Crippen LogP contribution in [0, 0.1) is 0 Å². The SMILES string of the molecule is COc1nccc2c1c(=O)[nH]n2C1CCCC1. The number of nitrogens with zero attached hydrogens (tertiary/aromatic N) is 2. The van der Waals surface area contributed by atoms with Crippen LogP contribution in [0.3, 0.4) is 0 Å². The highest BCUT2D eigenvalue weighted by atomic mass is 16.5. The minimum absolute atomic E-state index is 0.114. The lowest BCUT2D eigenvalue weighted by Crippen LogP contribution is -2.10. The van der Waals surface area contributed by atoms with Gasteiger partial charge in [-0.2, -0.15) is 0 Å². The van der Waals surface area contributed by atoms with Gasteiger partial charge in [0.15, 0.2) is 0 Å². The Morgan fingerprint density at radius 2 is 2.24 bits per heavy atom. The van der Waals surface area contributed by atoms with Crippen molar-refractivity contribution in [3.05, 3.63) is 22.6 Å². The van der Waals surface area contributed by atoms with Crippen LogP contribution in [0.4, 0.5) is 0 Å². The molecule has 1 saturated carbocycles. The Morgan fingerprint density at radius 1 is 1.47 bits per heavy atom. The van der Waals surface area contributed by atoms with E-state index in [-0.39, 0.29) is 5.56 Å². The summed E-state index contributed by atoms with van der Waals surface area (Å²) in [5.74, 6) is 0.403. The Kier molecular flexibility index (Phi) is 2.39. The summed E-state index contributed by atoms with van der Waals surface area (Å²) in [7, 11) is 1.54. The number of ether oxygens (including phenoxy) is 1. The van der Waals surface area contributed by atoms with Gasteiger partial charge in [-0.25, -0.2) is 4.98 Å². The lowest BCUT2D eigenvalue weighted by atomic mass is 10.2. The van der Waals surface area contributed by atoms with Gasteiger partial charge in [0, 0.05) is 6.20 Å². The number of aromatic amines is 1. The summed E-state index contributed by atoms with van der Waals surface area (Å²) in [6, 6.07) is 2.28. The number of H-pyrrole nitrogens is 1.